The van der Waals surface area contributed by atoms with E-state index in [9.17, 15) is 9.59 Å². The van der Waals surface area contributed by atoms with Crippen LogP contribution in [0.25, 0.3) is 0 Å². The number of methoxy groups -OCH3 is 1. The topological polar surface area (TPSA) is 85.9 Å². The first-order valence-corrected chi connectivity index (χ1v) is 11.6. The van der Waals surface area contributed by atoms with Crippen molar-refractivity contribution in [3.05, 3.63) is 0 Å². The molecule has 0 heterocycles. The maximum absolute atomic E-state index is 11.9. The SMILES string of the molecule is COC(C)COC(=O)NC1CCC(CC2CCC(NC(=O)OC(C)(C)C)CC2)CC1. The first-order chi connectivity index (χ1) is 14.1. The van der Waals surface area contributed by atoms with Gasteiger partial charge in [-0.3, -0.25) is 0 Å². The van der Waals surface area contributed by atoms with Gasteiger partial charge < -0.3 is 24.8 Å². The second kappa shape index (κ2) is 11.8. The number of hydrogen-bond donors (Lipinski definition) is 2. The van der Waals surface area contributed by atoms with E-state index in [-0.39, 0.29) is 37.0 Å². The minimum atomic E-state index is -0.450. The Bertz CT molecular complexity index is 532. The summed E-state index contributed by atoms with van der Waals surface area (Å²) < 4.78 is 15.6. The van der Waals surface area contributed by atoms with E-state index in [2.05, 4.69) is 10.6 Å². The van der Waals surface area contributed by atoms with Crippen LogP contribution in [0, 0.1) is 11.8 Å². The van der Waals surface area contributed by atoms with Gasteiger partial charge in [0.05, 0.1) is 6.10 Å². The van der Waals surface area contributed by atoms with Crippen molar-refractivity contribution < 1.29 is 23.8 Å². The van der Waals surface area contributed by atoms with Crippen LogP contribution in [-0.4, -0.2) is 49.7 Å². The summed E-state index contributed by atoms with van der Waals surface area (Å²) in [5, 5.41) is 6.02. The van der Waals surface area contributed by atoms with Crippen molar-refractivity contribution in [2.75, 3.05) is 13.7 Å². The highest BCUT2D eigenvalue weighted by Gasteiger charge is 2.29. The lowest BCUT2D eigenvalue weighted by Crippen LogP contribution is -2.41. The molecule has 0 saturated heterocycles. The summed E-state index contributed by atoms with van der Waals surface area (Å²) in [6, 6.07) is 0.461. The zero-order valence-electron chi connectivity index (χ0n) is 19.5. The quantitative estimate of drug-likeness (QED) is 0.612. The van der Waals surface area contributed by atoms with Crippen LogP contribution in [0.1, 0.15) is 85.5 Å². The van der Waals surface area contributed by atoms with Gasteiger partial charge in [-0.05, 0) is 97.3 Å². The van der Waals surface area contributed by atoms with E-state index < -0.39 is 5.60 Å². The van der Waals surface area contributed by atoms with Gasteiger partial charge in [0, 0.05) is 19.2 Å². The maximum Gasteiger partial charge on any atom is 0.407 e. The molecule has 30 heavy (non-hydrogen) atoms. The van der Waals surface area contributed by atoms with E-state index in [0.717, 1.165) is 50.4 Å². The average molecular weight is 427 g/mol. The van der Waals surface area contributed by atoms with Crippen molar-refractivity contribution in [2.24, 2.45) is 11.8 Å². The molecule has 2 N–H and O–H groups in total. The molecule has 0 aliphatic heterocycles. The molecular formula is C23H42N2O5. The van der Waals surface area contributed by atoms with Gasteiger partial charge in [0.1, 0.15) is 12.2 Å². The van der Waals surface area contributed by atoms with Gasteiger partial charge in [-0.2, -0.15) is 0 Å². The van der Waals surface area contributed by atoms with Crippen molar-refractivity contribution >= 4 is 12.2 Å². The van der Waals surface area contributed by atoms with Gasteiger partial charge in [-0.1, -0.05) is 0 Å². The molecule has 2 aliphatic carbocycles. The molecule has 0 bridgehead atoms. The zero-order valence-corrected chi connectivity index (χ0v) is 19.5. The highest BCUT2D eigenvalue weighted by atomic mass is 16.6. The number of rotatable bonds is 7. The molecule has 7 heteroatoms. The molecule has 2 aliphatic rings. The molecule has 2 saturated carbocycles. The van der Waals surface area contributed by atoms with Gasteiger partial charge in [0.25, 0.3) is 0 Å². The second-order valence-electron chi connectivity index (χ2n) is 10.1. The Morgan fingerprint density at radius 1 is 0.867 bits per heavy atom. The lowest BCUT2D eigenvalue weighted by atomic mass is 9.76. The normalized spacial score (nSPS) is 28.3. The van der Waals surface area contributed by atoms with E-state index in [1.54, 1.807) is 7.11 Å². The Balaban J connectivity index is 1.59. The number of nitrogens with one attached hydrogen (secondary N) is 2. The van der Waals surface area contributed by atoms with Crippen molar-refractivity contribution in [2.45, 2.75) is 109 Å². The molecule has 2 rings (SSSR count). The van der Waals surface area contributed by atoms with E-state index in [0.29, 0.717) is 0 Å². The standard InChI is InChI=1S/C23H42N2O5/c1-16(28-5)15-29-21(26)24-19-10-6-17(7-11-19)14-18-8-12-20(13-9-18)25-22(27)30-23(2,3)4/h16-20H,6-15H2,1-5H3,(H,24,26)(H,25,27). The van der Waals surface area contributed by atoms with Crippen LogP contribution in [-0.2, 0) is 14.2 Å². The summed E-state index contributed by atoms with van der Waals surface area (Å²) in [4.78, 5) is 23.8. The summed E-state index contributed by atoms with van der Waals surface area (Å²) in [6.45, 7) is 7.82. The van der Waals surface area contributed by atoms with Crippen molar-refractivity contribution in [1.29, 1.82) is 0 Å². The van der Waals surface area contributed by atoms with Crippen LogP contribution in [0.15, 0.2) is 0 Å². The van der Waals surface area contributed by atoms with Crippen LogP contribution < -0.4 is 10.6 Å². The molecule has 0 aromatic carbocycles. The third-order valence-corrected chi connectivity index (χ3v) is 6.25. The van der Waals surface area contributed by atoms with E-state index >= 15 is 0 Å². The van der Waals surface area contributed by atoms with Crippen LogP contribution in [0.5, 0.6) is 0 Å². The molecular weight excluding hydrogens is 384 g/mol. The molecule has 2 amide bonds. The van der Waals surface area contributed by atoms with Gasteiger partial charge >= 0.3 is 12.2 Å². The molecule has 0 radical (unpaired) electrons. The Morgan fingerprint density at radius 3 is 1.77 bits per heavy atom. The molecule has 1 atom stereocenters. The molecule has 0 aromatic heterocycles. The first kappa shape index (κ1) is 24.8. The Kier molecular flexibility index (Phi) is 9.72. The van der Waals surface area contributed by atoms with E-state index in [4.69, 9.17) is 14.2 Å². The molecule has 0 spiro atoms. The number of hydrogen-bond acceptors (Lipinski definition) is 5. The predicted octanol–water partition coefficient (Wildman–Crippen LogP) is 4.78. The first-order valence-electron chi connectivity index (χ1n) is 11.6. The summed E-state index contributed by atoms with van der Waals surface area (Å²) in [6.07, 6.45) is 9.33. The van der Waals surface area contributed by atoms with Gasteiger partial charge in [0.15, 0.2) is 0 Å². The number of amides is 2. The third-order valence-electron chi connectivity index (χ3n) is 6.25. The predicted molar refractivity (Wildman–Crippen MR) is 116 cm³/mol. The van der Waals surface area contributed by atoms with E-state index in [1.807, 2.05) is 27.7 Å². The highest BCUT2D eigenvalue weighted by molar-refractivity contribution is 5.68. The van der Waals surface area contributed by atoms with Crippen LogP contribution in [0.4, 0.5) is 9.59 Å². The smallest absolute Gasteiger partial charge is 0.407 e. The lowest BCUT2D eigenvalue weighted by molar-refractivity contribution is 0.0440. The Labute approximate surface area is 182 Å². The number of ether oxygens (including phenoxy) is 3. The van der Waals surface area contributed by atoms with Crippen LogP contribution in [0.2, 0.25) is 0 Å². The average Bonchev–Trinajstić information content (AvgIpc) is 2.67. The molecule has 174 valence electrons. The molecule has 2 fully saturated rings. The van der Waals surface area contributed by atoms with Crippen LogP contribution >= 0.6 is 0 Å². The summed E-state index contributed by atoms with van der Waals surface area (Å²) in [5.41, 5.74) is -0.450. The fourth-order valence-electron chi connectivity index (χ4n) is 4.50. The summed E-state index contributed by atoms with van der Waals surface area (Å²) in [7, 11) is 1.61. The number of alkyl carbamates (subject to hydrolysis) is 2. The van der Waals surface area contributed by atoms with Gasteiger partial charge in [0.2, 0.25) is 0 Å². The summed E-state index contributed by atoms with van der Waals surface area (Å²) in [5.74, 6) is 1.49. The number of carbonyl (C=O) groups is 2. The molecule has 0 aromatic rings. The molecule has 1 unspecified atom stereocenters. The fourth-order valence-corrected chi connectivity index (χ4v) is 4.50. The summed E-state index contributed by atoms with van der Waals surface area (Å²) >= 11 is 0. The second-order valence-corrected chi connectivity index (χ2v) is 10.1. The van der Waals surface area contributed by atoms with Crippen molar-refractivity contribution in [1.82, 2.24) is 10.6 Å². The van der Waals surface area contributed by atoms with E-state index in [1.165, 1.54) is 19.3 Å². The monoisotopic (exact) mass is 426 g/mol. The largest absolute Gasteiger partial charge is 0.447 e. The van der Waals surface area contributed by atoms with Gasteiger partial charge in [-0.15, -0.1) is 0 Å². The highest BCUT2D eigenvalue weighted by Crippen LogP contribution is 2.35. The molecule has 7 nitrogen and oxygen atoms in total. The number of carbonyl (C=O) groups excluding carboxylic acids is 2. The Hall–Kier alpha value is -1.50. The minimum Gasteiger partial charge on any atom is -0.447 e. The zero-order chi connectivity index (χ0) is 22.1. The van der Waals surface area contributed by atoms with Crippen LogP contribution in [0.3, 0.4) is 0 Å². The minimum absolute atomic E-state index is 0.0825. The van der Waals surface area contributed by atoms with Crippen molar-refractivity contribution in [3.63, 3.8) is 0 Å². The van der Waals surface area contributed by atoms with Gasteiger partial charge in [-0.25, -0.2) is 9.59 Å². The third kappa shape index (κ3) is 9.54. The fraction of sp³-hybridized carbons (Fsp3) is 0.913. The maximum atomic E-state index is 11.9. The lowest BCUT2D eigenvalue weighted by Gasteiger charge is -2.34. The Morgan fingerprint density at radius 2 is 1.33 bits per heavy atom. The van der Waals surface area contributed by atoms with Crippen molar-refractivity contribution in [3.8, 4) is 0 Å².